The molecule has 122 valence electrons. The predicted octanol–water partition coefficient (Wildman–Crippen LogP) is 3.20. The molecule has 1 atom stereocenters. The number of H-pyrrole nitrogens is 1. The summed E-state index contributed by atoms with van der Waals surface area (Å²) in [5, 5.41) is 19.5. The molecule has 0 fully saturated rings. The van der Waals surface area contributed by atoms with Crippen LogP contribution in [0.2, 0.25) is 0 Å². The number of aromatic nitrogens is 2. The minimum absolute atomic E-state index is 0.333. The molecule has 1 aromatic heterocycles. The number of carbonyl (C=O) groups is 1. The van der Waals surface area contributed by atoms with Crippen LogP contribution in [0.5, 0.6) is 0 Å². The second-order valence-electron chi connectivity index (χ2n) is 5.43. The van der Waals surface area contributed by atoms with Crippen LogP contribution in [0.3, 0.4) is 0 Å². The Labute approximate surface area is 138 Å². The fourth-order valence-corrected chi connectivity index (χ4v) is 2.38. The van der Waals surface area contributed by atoms with Gasteiger partial charge in [-0.15, -0.1) is 0 Å². The molecule has 0 bridgehead atoms. The second-order valence-corrected chi connectivity index (χ2v) is 5.43. The van der Waals surface area contributed by atoms with E-state index in [0.29, 0.717) is 11.3 Å². The molecule has 0 aliphatic rings. The average molecular weight is 325 g/mol. The minimum Gasteiger partial charge on any atom is -0.378 e. The van der Waals surface area contributed by atoms with E-state index in [1.807, 2.05) is 19.1 Å². The van der Waals surface area contributed by atoms with Gasteiger partial charge in [-0.05, 0) is 42.3 Å². The third-order valence-electron chi connectivity index (χ3n) is 3.73. The molecule has 3 rings (SSSR count). The van der Waals surface area contributed by atoms with Gasteiger partial charge in [0.2, 0.25) is 0 Å². The van der Waals surface area contributed by atoms with Gasteiger partial charge in [0, 0.05) is 16.9 Å². The minimum atomic E-state index is -1.36. The van der Waals surface area contributed by atoms with Gasteiger partial charge in [0.1, 0.15) is 5.82 Å². The summed E-state index contributed by atoms with van der Waals surface area (Å²) in [6.07, 6.45) is 0.377. The third kappa shape index (κ3) is 3.33. The molecule has 5 nitrogen and oxygen atoms in total. The van der Waals surface area contributed by atoms with Crippen LogP contribution in [0.25, 0.3) is 11.1 Å². The lowest BCUT2D eigenvalue weighted by molar-refractivity contribution is -0.124. The van der Waals surface area contributed by atoms with Gasteiger partial charge in [-0.25, -0.2) is 4.39 Å². The molecule has 1 unspecified atom stereocenters. The third-order valence-corrected chi connectivity index (χ3v) is 3.73. The number of aliphatic hydroxyl groups excluding tert-OH is 1. The lowest BCUT2D eigenvalue weighted by atomic mass is 10.1. The van der Waals surface area contributed by atoms with Crippen LogP contribution in [-0.2, 0) is 4.79 Å². The maximum Gasteiger partial charge on any atom is 0.257 e. The fourth-order valence-electron chi connectivity index (χ4n) is 2.38. The quantitative estimate of drug-likeness (QED) is 0.689. The number of anilines is 1. The van der Waals surface area contributed by atoms with Gasteiger partial charge in [0.15, 0.2) is 6.10 Å². The fraction of sp³-hybridized carbons (Fsp3) is 0.111. The van der Waals surface area contributed by atoms with Crippen molar-refractivity contribution in [3.63, 3.8) is 0 Å². The molecular formula is C18H16FN3O2. The van der Waals surface area contributed by atoms with Gasteiger partial charge in [0.25, 0.3) is 5.91 Å². The Bertz CT molecular complexity index is 841. The molecule has 24 heavy (non-hydrogen) atoms. The maximum absolute atomic E-state index is 12.9. The molecule has 0 aliphatic carbocycles. The number of amides is 1. The van der Waals surface area contributed by atoms with Crippen molar-refractivity contribution in [2.24, 2.45) is 0 Å². The number of aryl methyl sites for hydroxylation is 1. The molecule has 0 saturated carbocycles. The van der Waals surface area contributed by atoms with Crippen molar-refractivity contribution in [3.8, 4) is 11.1 Å². The average Bonchev–Trinajstić information content (AvgIpc) is 3.01. The molecule has 3 aromatic rings. The Morgan fingerprint density at radius 1 is 1.17 bits per heavy atom. The summed E-state index contributed by atoms with van der Waals surface area (Å²) in [5.41, 5.74) is 3.81. The van der Waals surface area contributed by atoms with Gasteiger partial charge >= 0.3 is 0 Å². The lowest BCUT2D eigenvalue weighted by Gasteiger charge is -2.12. The highest BCUT2D eigenvalue weighted by Gasteiger charge is 2.17. The van der Waals surface area contributed by atoms with Crippen molar-refractivity contribution < 1.29 is 14.3 Å². The van der Waals surface area contributed by atoms with Crippen LogP contribution in [0, 0.1) is 12.7 Å². The molecule has 3 N–H and O–H groups in total. The normalized spacial score (nSPS) is 12.0. The molecule has 1 amide bonds. The van der Waals surface area contributed by atoms with Crippen molar-refractivity contribution >= 4 is 11.6 Å². The number of halogens is 1. The summed E-state index contributed by atoms with van der Waals surface area (Å²) < 4.78 is 12.9. The standard InChI is InChI=1S/C18H16FN3O2/c1-11-16(10-20-22-11)12-4-8-15(9-5-12)21-18(24)17(23)13-2-6-14(19)7-3-13/h2-10,17,23H,1H3,(H,20,22)(H,21,24). The number of aliphatic hydroxyl groups is 1. The number of hydrogen-bond acceptors (Lipinski definition) is 3. The number of nitrogens with zero attached hydrogens (tertiary/aromatic N) is 1. The SMILES string of the molecule is Cc1[nH]ncc1-c1ccc(NC(=O)C(O)c2ccc(F)cc2)cc1. The first-order chi connectivity index (χ1) is 11.5. The molecule has 1 heterocycles. The first-order valence-electron chi connectivity index (χ1n) is 7.39. The number of hydrogen-bond donors (Lipinski definition) is 3. The Morgan fingerprint density at radius 2 is 1.83 bits per heavy atom. The van der Waals surface area contributed by atoms with E-state index in [1.54, 1.807) is 18.3 Å². The summed E-state index contributed by atoms with van der Waals surface area (Å²) in [7, 11) is 0. The first kappa shape index (κ1) is 15.9. The number of benzene rings is 2. The van der Waals surface area contributed by atoms with Crippen LogP contribution in [0.4, 0.5) is 10.1 Å². The lowest BCUT2D eigenvalue weighted by Crippen LogP contribution is -2.20. The van der Waals surface area contributed by atoms with E-state index in [4.69, 9.17) is 0 Å². The highest BCUT2D eigenvalue weighted by Crippen LogP contribution is 2.24. The highest BCUT2D eigenvalue weighted by atomic mass is 19.1. The van der Waals surface area contributed by atoms with Crippen molar-refractivity contribution in [1.82, 2.24) is 10.2 Å². The van der Waals surface area contributed by atoms with Gasteiger partial charge in [0.05, 0.1) is 6.20 Å². The van der Waals surface area contributed by atoms with Crippen LogP contribution < -0.4 is 5.32 Å². The van der Waals surface area contributed by atoms with Gasteiger partial charge in [-0.2, -0.15) is 5.10 Å². The zero-order valence-corrected chi connectivity index (χ0v) is 13.0. The molecule has 6 heteroatoms. The van der Waals surface area contributed by atoms with Crippen molar-refractivity contribution in [1.29, 1.82) is 0 Å². The Hall–Kier alpha value is -2.99. The van der Waals surface area contributed by atoms with E-state index in [9.17, 15) is 14.3 Å². The molecule has 0 spiro atoms. The summed E-state index contributed by atoms with van der Waals surface area (Å²) in [6.45, 7) is 1.93. The summed E-state index contributed by atoms with van der Waals surface area (Å²) in [5.74, 6) is -0.995. The Balaban J connectivity index is 1.70. The molecule has 2 aromatic carbocycles. The number of rotatable bonds is 4. The van der Waals surface area contributed by atoms with Gasteiger partial charge in [-0.3, -0.25) is 9.89 Å². The van der Waals surface area contributed by atoms with Crippen LogP contribution in [0.15, 0.2) is 54.7 Å². The smallest absolute Gasteiger partial charge is 0.257 e. The Kier molecular flexibility index (Phi) is 4.39. The number of carbonyl (C=O) groups excluding carboxylic acids is 1. The predicted molar refractivity (Wildman–Crippen MR) is 88.8 cm³/mol. The molecule has 0 aliphatic heterocycles. The van der Waals surface area contributed by atoms with Crippen LogP contribution in [0.1, 0.15) is 17.4 Å². The Morgan fingerprint density at radius 3 is 2.42 bits per heavy atom. The summed E-state index contributed by atoms with van der Waals surface area (Å²) in [6, 6.07) is 12.4. The van der Waals surface area contributed by atoms with E-state index in [-0.39, 0.29) is 0 Å². The second kappa shape index (κ2) is 6.64. The zero-order chi connectivity index (χ0) is 17.1. The number of nitrogens with one attached hydrogen (secondary N) is 2. The monoisotopic (exact) mass is 325 g/mol. The molecular weight excluding hydrogens is 309 g/mol. The van der Waals surface area contributed by atoms with E-state index in [1.165, 1.54) is 24.3 Å². The van der Waals surface area contributed by atoms with Crippen LogP contribution in [-0.4, -0.2) is 21.2 Å². The van der Waals surface area contributed by atoms with Crippen molar-refractivity contribution in [2.75, 3.05) is 5.32 Å². The van der Waals surface area contributed by atoms with E-state index in [0.717, 1.165) is 16.8 Å². The zero-order valence-electron chi connectivity index (χ0n) is 13.0. The molecule has 0 radical (unpaired) electrons. The topological polar surface area (TPSA) is 78.0 Å². The van der Waals surface area contributed by atoms with Gasteiger partial charge < -0.3 is 10.4 Å². The first-order valence-corrected chi connectivity index (χ1v) is 7.39. The van der Waals surface area contributed by atoms with Crippen molar-refractivity contribution in [3.05, 3.63) is 71.8 Å². The number of aromatic amines is 1. The van der Waals surface area contributed by atoms with E-state index < -0.39 is 17.8 Å². The maximum atomic E-state index is 12.9. The van der Waals surface area contributed by atoms with Crippen molar-refractivity contribution in [2.45, 2.75) is 13.0 Å². The highest BCUT2D eigenvalue weighted by molar-refractivity contribution is 5.94. The molecule has 0 saturated heterocycles. The van der Waals surface area contributed by atoms with E-state index in [2.05, 4.69) is 15.5 Å². The summed E-state index contributed by atoms with van der Waals surface area (Å²) in [4.78, 5) is 12.1. The largest absolute Gasteiger partial charge is 0.378 e. The van der Waals surface area contributed by atoms with Gasteiger partial charge in [-0.1, -0.05) is 24.3 Å². The summed E-state index contributed by atoms with van der Waals surface area (Å²) >= 11 is 0. The van der Waals surface area contributed by atoms with Crippen LogP contribution >= 0.6 is 0 Å². The van der Waals surface area contributed by atoms with E-state index >= 15 is 0 Å².